The minimum absolute atomic E-state index is 0.355. The Hall–Kier alpha value is -1.84. The van der Waals surface area contributed by atoms with Gasteiger partial charge in [0.15, 0.2) is 0 Å². The Morgan fingerprint density at radius 2 is 1.83 bits per heavy atom. The number of aryl methyl sites for hydroxylation is 2. The van der Waals surface area contributed by atoms with Gasteiger partial charge in [0.05, 0.1) is 0 Å². The van der Waals surface area contributed by atoms with Gasteiger partial charge in [0.2, 0.25) is 0 Å². The van der Waals surface area contributed by atoms with E-state index >= 15 is 0 Å². The van der Waals surface area contributed by atoms with E-state index < -0.39 is 0 Å². The smallest absolute Gasteiger partial charge is 0.134 e. The third-order valence-corrected chi connectivity index (χ3v) is 3.45. The van der Waals surface area contributed by atoms with Crippen LogP contribution in [-0.4, -0.2) is 21.8 Å². The fourth-order valence-electron chi connectivity index (χ4n) is 2.45. The molecule has 0 radical (unpaired) electrons. The molecule has 2 N–H and O–H groups in total. The molecule has 1 aliphatic rings. The second-order valence-corrected chi connectivity index (χ2v) is 4.54. The molecule has 0 heterocycles. The van der Waals surface area contributed by atoms with Gasteiger partial charge in [0, 0.05) is 5.56 Å². The van der Waals surface area contributed by atoms with Gasteiger partial charge in [-0.25, -0.2) is 0 Å². The van der Waals surface area contributed by atoms with Crippen molar-refractivity contribution in [3.8, 4) is 0 Å². The first-order chi connectivity index (χ1) is 8.80. The van der Waals surface area contributed by atoms with Crippen LogP contribution in [0.5, 0.6) is 0 Å². The standard InChI is InChI=1S/C14H18N2O2/c1-2-13(15-17)14(16-18)12-8-7-10-5-3-4-6-11(10)9-12/h7-9,17-18H,2-6H2,1H3/b15-13+,16-14+. The van der Waals surface area contributed by atoms with E-state index in [0.29, 0.717) is 17.8 Å². The van der Waals surface area contributed by atoms with Gasteiger partial charge in [0.25, 0.3) is 0 Å². The van der Waals surface area contributed by atoms with E-state index in [-0.39, 0.29) is 0 Å². The molecule has 0 spiro atoms. The zero-order chi connectivity index (χ0) is 13.0. The van der Waals surface area contributed by atoms with Gasteiger partial charge in [-0.05, 0) is 49.3 Å². The molecule has 0 amide bonds. The fraction of sp³-hybridized carbons (Fsp3) is 0.429. The minimum Gasteiger partial charge on any atom is -0.411 e. The maximum absolute atomic E-state index is 9.11. The Morgan fingerprint density at radius 3 is 2.44 bits per heavy atom. The van der Waals surface area contributed by atoms with Crippen molar-refractivity contribution >= 4 is 11.4 Å². The van der Waals surface area contributed by atoms with Crippen molar-refractivity contribution < 1.29 is 10.4 Å². The van der Waals surface area contributed by atoms with Crippen LogP contribution in [0.3, 0.4) is 0 Å². The molecule has 1 aliphatic carbocycles. The average molecular weight is 246 g/mol. The largest absolute Gasteiger partial charge is 0.411 e. The molecule has 0 saturated heterocycles. The van der Waals surface area contributed by atoms with Crippen LogP contribution in [0.15, 0.2) is 28.5 Å². The molecule has 1 aromatic carbocycles. The highest BCUT2D eigenvalue weighted by molar-refractivity contribution is 6.48. The van der Waals surface area contributed by atoms with Crippen LogP contribution in [-0.2, 0) is 12.8 Å². The number of fused-ring (bicyclic) bond motifs is 1. The molecule has 18 heavy (non-hydrogen) atoms. The van der Waals surface area contributed by atoms with Crippen LogP contribution in [0.1, 0.15) is 42.9 Å². The van der Waals surface area contributed by atoms with Crippen LogP contribution >= 0.6 is 0 Å². The highest BCUT2D eigenvalue weighted by Crippen LogP contribution is 2.22. The number of hydrogen-bond acceptors (Lipinski definition) is 4. The zero-order valence-electron chi connectivity index (χ0n) is 10.6. The lowest BCUT2D eigenvalue weighted by atomic mass is 9.89. The van der Waals surface area contributed by atoms with Crippen LogP contribution in [0.25, 0.3) is 0 Å². The summed E-state index contributed by atoms with van der Waals surface area (Å²) in [5.41, 5.74) is 4.25. The monoisotopic (exact) mass is 246 g/mol. The highest BCUT2D eigenvalue weighted by Gasteiger charge is 2.15. The van der Waals surface area contributed by atoms with Crippen LogP contribution in [0.4, 0.5) is 0 Å². The quantitative estimate of drug-likeness (QED) is 0.489. The van der Waals surface area contributed by atoms with Crippen molar-refractivity contribution in [1.82, 2.24) is 0 Å². The summed E-state index contributed by atoms with van der Waals surface area (Å²) in [4.78, 5) is 0. The average Bonchev–Trinajstić information content (AvgIpc) is 2.44. The molecule has 0 aliphatic heterocycles. The zero-order valence-corrected chi connectivity index (χ0v) is 10.6. The van der Waals surface area contributed by atoms with Crippen molar-refractivity contribution in [2.24, 2.45) is 10.3 Å². The maximum Gasteiger partial charge on any atom is 0.134 e. The minimum atomic E-state index is 0.355. The van der Waals surface area contributed by atoms with Gasteiger partial charge >= 0.3 is 0 Å². The molecule has 0 saturated carbocycles. The van der Waals surface area contributed by atoms with Gasteiger partial charge in [-0.2, -0.15) is 0 Å². The Morgan fingerprint density at radius 1 is 1.11 bits per heavy atom. The molecule has 4 heteroatoms. The molecule has 0 bridgehead atoms. The van der Waals surface area contributed by atoms with Crippen LogP contribution in [0, 0.1) is 0 Å². The van der Waals surface area contributed by atoms with Gasteiger partial charge in [-0.15, -0.1) is 0 Å². The lowest BCUT2D eigenvalue weighted by Gasteiger charge is -2.16. The van der Waals surface area contributed by atoms with Crippen molar-refractivity contribution in [2.45, 2.75) is 39.0 Å². The SMILES string of the molecule is CCC(=N\O)/C(=N/O)c1ccc2c(c1)CCCC2. The first-order valence-corrected chi connectivity index (χ1v) is 6.35. The number of nitrogens with zero attached hydrogens (tertiary/aromatic N) is 2. The van der Waals surface area contributed by atoms with E-state index in [1.165, 1.54) is 24.0 Å². The fourth-order valence-corrected chi connectivity index (χ4v) is 2.45. The van der Waals surface area contributed by atoms with Gasteiger partial charge < -0.3 is 10.4 Å². The number of benzene rings is 1. The number of rotatable bonds is 3. The van der Waals surface area contributed by atoms with Crippen LogP contribution in [0.2, 0.25) is 0 Å². The summed E-state index contributed by atoms with van der Waals surface area (Å²) in [6.07, 6.45) is 5.16. The first kappa shape index (κ1) is 12.6. The van der Waals surface area contributed by atoms with Gasteiger partial charge in [-0.1, -0.05) is 29.4 Å². The lowest BCUT2D eigenvalue weighted by Crippen LogP contribution is -2.16. The predicted octanol–water partition coefficient (Wildman–Crippen LogP) is 2.98. The molecule has 0 atom stereocenters. The molecular weight excluding hydrogens is 228 g/mol. The third kappa shape index (κ3) is 2.37. The molecule has 1 aromatic rings. The lowest BCUT2D eigenvalue weighted by molar-refractivity contribution is 0.313. The van der Waals surface area contributed by atoms with Gasteiger partial charge in [-0.3, -0.25) is 0 Å². The van der Waals surface area contributed by atoms with E-state index in [1.54, 1.807) is 0 Å². The van der Waals surface area contributed by atoms with Crippen molar-refractivity contribution in [1.29, 1.82) is 0 Å². The predicted molar refractivity (Wildman–Crippen MR) is 70.9 cm³/mol. The molecule has 0 aromatic heterocycles. The third-order valence-electron chi connectivity index (χ3n) is 3.45. The molecule has 96 valence electrons. The summed E-state index contributed by atoms with van der Waals surface area (Å²) in [5, 5.41) is 24.5. The number of hydrogen-bond donors (Lipinski definition) is 2. The Labute approximate surface area is 107 Å². The Kier molecular flexibility index (Phi) is 3.97. The van der Waals surface area contributed by atoms with Crippen molar-refractivity contribution in [3.05, 3.63) is 34.9 Å². The summed E-state index contributed by atoms with van der Waals surface area (Å²) in [6, 6.07) is 6.06. The first-order valence-electron chi connectivity index (χ1n) is 6.35. The van der Waals surface area contributed by atoms with Crippen LogP contribution < -0.4 is 0 Å². The topological polar surface area (TPSA) is 65.2 Å². The van der Waals surface area contributed by atoms with E-state index in [1.807, 2.05) is 19.1 Å². The summed E-state index contributed by atoms with van der Waals surface area (Å²) < 4.78 is 0. The van der Waals surface area contributed by atoms with E-state index in [4.69, 9.17) is 10.4 Å². The van der Waals surface area contributed by atoms with E-state index in [2.05, 4.69) is 16.4 Å². The highest BCUT2D eigenvalue weighted by atomic mass is 16.4. The molecule has 0 fully saturated rings. The molecular formula is C14H18N2O2. The van der Waals surface area contributed by atoms with Crippen molar-refractivity contribution in [2.75, 3.05) is 0 Å². The Bertz CT molecular complexity index is 493. The normalized spacial score (nSPS) is 16.5. The Balaban J connectivity index is 2.38. The second kappa shape index (κ2) is 5.67. The maximum atomic E-state index is 9.11. The summed E-state index contributed by atoms with van der Waals surface area (Å²) in [6.45, 7) is 1.86. The van der Waals surface area contributed by atoms with Crippen molar-refractivity contribution in [3.63, 3.8) is 0 Å². The summed E-state index contributed by atoms with van der Waals surface area (Å²) in [5.74, 6) is 0. The van der Waals surface area contributed by atoms with E-state index in [0.717, 1.165) is 18.4 Å². The summed E-state index contributed by atoms with van der Waals surface area (Å²) >= 11 is 0. The number of oxime groups is 2. The second-order valence-electron chi connectivity index (χ2n) is 4.54. The van der Waals surface area contributed by atoms with E-state index in [9.17, 15) is 0 Å². The molecule has 0 unspecified atom stereocenters. The summed E-state index contributed by atoms with van der Waals surface area (Å²) in [7, 11) is 0. The van der Waals surface area contributed by atoms with Gasteiger partial charge in [0.1, 0.15) is 11.4 Å². The molecule has 4 nitrogen and oxygen atoms in total. The molecule has 2 rings (SSSR count).